The van der Waals surface area contributed by atoms with Crippen LogP contribution in [0.15, 0.2) is 46.4 Å². The third kappa shape index (κ3) is 6.62. The highest BCUT2D eigenvalue weighted by Gasteiger charge is 2.25. The number of anilines is 2. The van der Waals surface area contributed by atoms with Crippen molar-refractivity contribution in [1.29, 1.82) is 0 Å². The zero-order chi connectivity index (χ0) is 32.8. The van der Waals surface area contributed by atoms with Gasteiger partial charge in [-0.2, -0.15) is 4.98 Å². The highest BCUT2D eigenvalue weighted by atomic mass is 35.5. The van der Waals surface area contributed by atoms with E-state index >= 15 is 0 Å². The van der Waals surface area contributed by atoms with Crippen molar-refractivity contribution in [1.82, 2.24) is 32.8 Å². The van der Waals surface area contributed by atoms with Gasteiger partial charge < -0.3 is 19.4 Å². The number of hydrogen-bond acceptors (Lipinski definition) is 8. The lowest BCUT2D eigenvalue weighted by atomic mass is 10.2. The Hall–Kier alpha value is -4.14. The van der Waals surface area contributed by atoms with Crippen LogP contribution in [0.5, 0.6) is 0 Å². The van der Waals surface area contributed by atoms with Gasteiger partial charge in [0.2, 0.25) is 5.95 Å². The van der Waals surface area contributed by atoms with Gasteiger partial charge in [0.05, 0.1) is 30.3 Å². The van der Waals surface area contributed by atoms with Crippen molar-refractivity contribution >= 4 is 59.6 Å². The predicted octanol–water partition coefficient (Wildman–Crippen LogP) is 5.13. The van der Waals surface area contributed by atoms with Crippen molar-refractivity contribution in [3.8, 4) is 0 Å². The van der Waals surface area contributed by atoms with Crippen molar-refractivity contribution < 1.29 is 14.3 Å². The molecule has 0 saturated heterocycles. The van der Waals surface area contributed by atoms with E-state index in [0.29, 0.717) is 46.7 Å². The molecule has 4 aromatic heterocycles. The third-order valence-electron chi connectivity index (χ3n) is 7.30. The van der Waals surface area contributed by atoms with Gasteiger partial charge in [0.1, 0.15) is 18.1 Å². The second-order valence-corrected chi connectivity index (χ2v) is 19.3. The Morgan fingerprint density at radius 1 is 1.11 bits per heavy atom. The molecule has 45 heavy (non-hydrogen) atoms. The molecule has 240 valence electrons. The molecule has 13 nitrogen and oxygen atoms in total. The van der Waals surface area contributed by atoms with Gasteiger partial charge in [0.25, 0.3) is 5.56 Å². The van der Waals surface area contributed by atoms with Crippen LogP contribution >= 0.6 is 11.6 Å². The monoisotopic (exact) mass is 654 g/mol. The van der Waals surface area contributed by atoms with Crippen LogP contribution in [0.4, 0.5) is 16.6 Å². The number of aromatic nitrogens is 7. The summed E-state index contributed by atoms with van der Waals surface area (Å²) >= 11 is 6.46. The topological polar surface area (TPSA) is 132 Å². The molecule has 4 heterocycles. The molecule has 0 saturated carbocycles. The number of carbonyl (C=O) groups is 1. The Labute approximate surface area is 266 Å². The van der Waals surface area contributed by atoms with Crippen LogP contribution in [0.2, 0.25) is 30.7 Å². The van der Waals surface area contributed by atoms with Gasteiger partial charge in [0.15, 0.2) is 11.2 Å². The van der Waals surface area contributed by atoms with Crippen LogP contribution in [-0.2, 0) is 36.8 Å². The summed E-state index contributed by atoms with van der Waals surface area (Å²) in [6, 6.07) is 7.91. The molecule has 0 atom stereocenters. The number of halogens is 1. The van der Waals surface area contributed by atoms with Crippen LogP contribution in [-0.4, -0.2) is 59.2 Å². The zero-order valence-electron chi connectivity index (χ0n) is 26.8. The van der Waals surface area contributed by atoms with Gasteiger partial charge in [-0.25, -0.2) is 19.1 Å². The van der Waals surface area contributed by atoms with E-state index in [-0.39, 0.29) is 17.7 Å². The summed E-state index contributed by atoms with van der Waals surface area (Å²) in [6.07, 6.45) is 2.64. The van der Waals surface area contributed by atoms with Crippen LogP contribution in [0.3, 0.4) is 0 Å². The van der Waals surface area contributed by atoms with Crippen molar-refractivity contribution in [2.75, 3.05) is 11.9 Å². The fraction of sp³-hybridized carbons (Fsp3) is 0.433. The molecule has 15 heteroatoms. The van der Waals surface area contributed by atoms with E-state index < -0.39 is 31.0 Å². The van der Waals surface area contributed by atoms with Gasteiger partial charge in [-0.1, -0.05) is 37.3 Å². The molecular weight excluding hydrogens is 616 g/mol. The Bertz CT molecular complexity index is 2020. The summed E-state index contributed by atoms with van der Waals surface area (Å²) in [5.74, 6) is 0.957. The fourth-order valence-corrected chi connectivity index (χ4v) is 5.91. The lowest BCUT2D eigenvalue weighted by Crippen LogP contribution is -2.40. The minimum absolute atomic E-state index is 0.204. The van der Waals surface area contributed by atoms with Crippen LogP contribution in [0.25, 0.3) is 22.1 Å². The SMILES string of the molecule is Cn1c(Nc2cncn2COCC[Si](C)(C)C)nc2c1c(=O)n(Cc1cc3c(Cl)cccc3n1C(=O)OC(C)(C)C)c(=O)n2C. The summed E-state index contributed by atoms with van der Waals surface area (Å²) in [6.45, 7) is 12.9. The molecule has 0 amide bonds. The largest absolute Gasteiger partial charge is 0.443 e. The highest BCUT2D eigenvalue weighted by molar-refractivity contribution is 6.76. The first kappa shape index (κ1) is 32.3. The third-order valence-corrected chi connectivity index (χ3v) is 9.34. The maximum absolute atomic E-state index is 13.9. The summed E-state index contributed by atoms with van der Waals surface area (Å²) in [4.78, 5) is 49.7. The van der Waals surface area contributed by atoms with Crippen molar-refractivity contribution in [2.45, 2.75) is 65.3 Å². The first-order valence-electron chi connectivity index (χ1n) is 14.6. The highest BCUT2D eigenvalue weighted by Crippen LogP contribution is 2.28. The molecule has 0 aliphatic carbocycles. The van der Waals surface area contributed by atoms with E-state index in [1.165, 1.54) is 9.13 Å². The molecule has 0 spiro atoms. The maximum atomic E-state index is 13.9. The first-order chi connectivity index (χ1) is 21.1. The summed E-state index contributed by atoms with van der Waals surface area (Å²) < 4.78 is 18.7. The van der Waals surface area contributed by atoms with Gasteiger partial charge in [-0.05, 0) is 45.0 Å². The lowest BCUT2D eigenvalue weighted by molar-refractivity contribution is 0.0539. The molecule has 0 radical (unpaired) electrons. The Balaban J connectivity index is 1.52. The number of nitrogens with one attached hydrogen (secondary N) is 1. The van der Waals surface area contributed by atoms with Crippen LogP contribution in [0.1, 0.15) is 26.5 Å². The number of aryl methyl sites for hydroxylation is 2. The minimum atomic E-state index is -1.22. The average molecular weight is 655 g/mol. The number of fused-ring (bicyclic) bond motifs is 2. The zero-order valence-corrected chi connectivity index (χ0v) is 28.6. The minimum Gasteiger partial charge on any atom is -0.443 e. The van der Waals surface area contributed by atoms with Crippen LogP contribution in [0, 0.1) is 0 Å². The van der Waals surface area contributed by atoms with Crippen molar-refractivity contribution in [3.05, 3.63) is 68.3 Å². The first-order valence-corrected chi connectivity index (χ1v) is 18.7. The number of nitrogens with zero attached hydrogens (tertiary/aromatic N) is 7. The quantitative estimate of drug-likeness (QED) is 0.171. The molecular formula is C30H39ClN8O5Si. The van der Waals surface area contributed by atoms with E-state index in [4.69, 9.17) is 21.1 Å². The van der Waals surface area contributed by atoms with E-state index in [1.807, 2.05) is 4.57 Å². The number of imidazole rings is 2. The van der Waals surface area contributed by atoms with Crippen molar-refractivity contribution in [3.63, 3.8) is 0 Å². The Kier molecular flexibility index (Phi) is 8.59. The summed E-state index contributed by atoms with van der Waals surface area (Å²) in [7, 11) is 2.02. The smallest absolute Gasteiger partial charge is 0.419 e. The number of rotatable bonds is 9. The normalized spacial score (nSPS) is 12.4. The molecule has 0 aliphatic rings. The van der Waals surface area contributed by atoms with E-state index in [0.717, 1.165) is 10.6 Å². The fourth-order valence-electron chi connectivity index (χ4n) is 4.93. The number of carbonyl (C=O) groups excluding carboxylic acids is 1. The summed E-state index contributed by atoms with van der Waals surface area (Å²) in [5, 5.41) is 4.24. The van der Waals surface area contributed by atoms with E-state index in [2.05, 4.69) is 34.9 Å². The van der Waals surface area contributed by atoms with Gasteiger partial charge in [0, 0.05) is 39.2 Å². The molecule has 0 bridgehead atoms. The second-order valence-electron chi connectivity index (χ2n) is 13.2. The number of benzene rings is 1. The average Bonchev–Trinajstić information content (AvgIpc) is 3.63. The lowest BCUT2D eigenvalue weighted by Gasteiger charge is -2.21. The van der Waals surface area contributed by atoms with E-state index in [9.17, 15) is 14.4 Å². The van der Waals surface area contributed by atoms with Crippen LogP contribution < -0.4 is 16.6 Å². The molecule has 1 N–H and O–H groups in total. The van der Waals surface area contributed by atoms with Gasteiger partial charge in [-0.3, -0.25) is 18.5 Å². The van der Waals surface area contributed by atoms with Crippen molar-refractivity contribution in [2.24, 2.45) is 14.1 Å². The standard InChI is InChI=1S/C30H39ClN8O5Si/c1-30(2,3)44-29(42)39-19(14-20-21(31)10-9-11-22(20)39)16-38-26(40)24-25(36(5)28(38)41)34-27(35(24)4)33-23-15-32-17-37(23)18-43-12-13-45(6,7)8/h9-11,14-15,17H,12-13,16,18H2,1-8H3,(H,33,34). The van der Waals surface area contributed by atoms with E-state index in [1.54, 1.807) is 76.2 Å². The molecule has 0 fully saturated rings. The molecule has 5 rings (SSSR count). The Morgan fingerprint density at radius 2 is 1.84 bits per heavy atom. The maximum Gasteiger partial charge on any atom is 0.419 e. The molecule has 0 aliphatic heterocycles. The van der Waals surface area contributed by atoms with Gasteiger partial charge >= 0.3 is 11.8 Å². The van der Waals surface area contributed by atoms with Gasteiger partial charge in [-0.15, -0.1) is 0 Å². The number of ether oxygens (including phenoxy) is 2. The molecule has 5 aromatic rings. The second kappa shape index (κ2) is 12.0. The Morgan fingerprint density at radius 3 is 2.53 bits per heavy atom. The molecule has 1 aromatic carbocycles. The predicted molar refractivity (Wildman–Crippen MR) is 178 cm³/mol. The summed E-state index contributed by atoms with van der Waals surface area (Å²) in [5.41, 5.74) is -0.649. The molecule has 0 unspecified atom stereocenters. The number of hydrogen-bond donors (Lipinski definition) is 1.